The predicted molar refractivity (Wildman–Crippen MR) is 38.4 cm³/mol. The molecule has 0 aliphatic rings. The Morgan fingerprint density at radius 2 is 2.00 bits per heavy atom. The Kier molecular flexibility index (Phi) is 3.32. The molecule has 0 aromatic heterocycles. The molecule has 4 heteroatoms. The van der Waals surface area contributed by atoms with Crippen LogP contribution in [0.1, 0.15) is 6.92 Å². The maximum absolute atomic E-state index is 10.9. The lowest BCUT2D eigenvalue weighted by Crippen LogP contribution is -2.46. The van der Waals surface area contributed by atoms with E-state index >= 15 is 0 Å². The number of amides is 1. The van der Waals surface area contributed by atoms with Gasteiger partial charge in [-0.3, -0.25) is 4.79 Å². The summed E-state index contributed by atoms with van der Waals surface area (Å²) in [7, 11) is 3.20. The highest BCUT2D eigenvalue weighted by atomic mass is 16.3. The molecular weight excluding hydrogens is 132 g/mol. The first-order chi connectivity index (χ1) is 4.46. The number of aliphatic hydroxyl groups excluding tert-OH is 1. The third-order valence-corrected chi connectivity index (χ3v) is 1.25. The standard InChI is InChI=1S/C6H14N2O2/c1-4(9)5(7)6(10)8(2)3/h4-5,9H,7H2,1-3H3/t4-,5-/m1/s1. The highest BCUT2D eigenvalue weighted by Crippen LogP contribution is 1.91. The zero-order chi connectivity index (χ0) is 8.31. The van der Waals surface area contributed by atoms with Crippen molar-refractivity contribution >= 4 is 5.91 Å². The van der Waals surface area contributed by atoms with Gasteiger partial charge in [0.25, 0.3) is 0 Å². The molecule has 10 heavy (non-hydrogen) atoms. The van der Waals surface area contributed by atoms with Crippen LogP contribution in [0.5, 0.6) is 0 Å². The lowest BCUT2D eigenvalue weighted by atomic mass is 10.2. The highest BCUT2D eigenvalue weighted by Gasteiger charge is 2.19. The van der Waals surface area contributed by atoms with Gasteiger partial charge in [-0.2, -0.15) is 0 Å². The fourth-order valence-electron chi connectivity index (χ4n) is 0.504. The number of likely N-dealkylation sites (N-methyl/N-ethyl adjacent to an activating group) is 1. The Balaban J connectivity index is 3.95. The molecule has 0 radical (unpaired) electrons. The van der Waals surface area contributed by atoms with E-state index in [1.165, 1.54) is 11.8 Å². The molecule has 0 aromatic rings. The van der Waals surface area contributed by atoms with Crippen LogP contribution in [0.25, 0.3) is 0 Å². The van der Waals surface area contributed by atoms with E-state index < -0.39 is 12.1 Å². The van der Waals surface area contributed by atoms with Gasteiger partial charge in [-0.25, -0.2) is 0 Å². The molecule has 3 N–H and O–H groups in total. The van der Waals surface area contributed by atoms with E-state index in [1.54, 1.807) is 14.1 Å². The van der Waals surface area contributed by atoms with Gasteiger partial charge in [-0.05, 0) is 6.92 Å². The van der Waals surface area contributed by atoms with Crippen molar-refractivity contribution in [1.29, 1.82) is 0 Å². The van der Waals surface area contributed by atoms with Crippen molar-refractivity contribution in [2.24, 2.45) is 5.73 Å². The van der Waals surface area contributed by atoms with E-state index in [0.717, 1.165) is 0 Å². The Morgan fingerprint density at radius 3 is 2.10 bits per heavy atom. The Morgan fingerprint density at radius 1 is 1.60 bits per heavy atom. The number of carbonyl (C=O) groups is 1. The van der Waals surface area contributed by atoms with Crippen LogP contribution in [-0.4, -0.2) is 42.2 Å². The second-order valence-corrected chi connectivity index (χ2v) is 2.50. The minimum atomic E-state index is -0.796. The molecule has 0 saturated heterocycles. The van der Waals surface area contributed by atoms with Crippen LogP contribution < -0.4 is 5.73 Å². The van der Waals surface area contributed by atoms with Crippen LogP contribution in [-0.2, 0) is 4.79 Å². The third-order valence-electron chi connectivity index (χ3n) is 1.25. The van der Waals surface area contributed by atoms with E-state index in [0.29, 0.717) is 0 Å². The highest BCUT2D eigenvalue weighted by molar-refractivity contribution is 5.81. The molecule has 0 saturated carbocycles. The van der Waals surface area contributed by atoms with Crippen LogP contribution in [0.3, 0.4) is 0 Å². The van der Waals surface area contributed by atoms with Gasteiger partial charge in [0, 0.05) is 14.1 Å². The Labute approximate surface area is 60.6 Å². The summed E-state index contributed by atoms with van der Waals surface area (Å²) in [6.07, 6.45) is -0.783. The molecule has 0 heterocycles. The van der Waals surface area contributed by atoms with Crippen molar-refractivity contribution < 1.29 is 9.90 Å². The van der Waals surface area contributed by atoms with Gasteiger partial charge >= 0.3 is 0 Å². The number of nitrogens with zero attached hydrogens (tertiary/aromatic N) is 1. The maximum atomic E-state index is 10.9. The first-order valence-corrected chi connectivity index (χ1v) is 3.11. The molecule has 0 rings (SSSR count). The largest absolute Gasteiger partial charge is 0.391 e. The van der Waals surface area contributed by atoms with Gasteiger partial charge in [-0.1, -0.05) is 0 Å². The molecule has 4 nitrogen and oxygen atoms in total. The molecule has 60 valence electrons. The van der Waals surface area contributed by atoms with Gasteiger partial charge in [0.15, 0.2) is 0 Å². The molecule has 0 spiro atoms. The van der Waals surface area contributed by atoms with Crippen molar-refractivity contribution in [2.75, 3.05) is 14.1 Å². The fraction of sp³-hybridized carbons (Fsp3) is 0.833. The van der Waals surface area contributed by atoms with E-state index in [4.69, 9.17) is 10.8 Å². The van der Waals surface area contributed by atoms with Crippen molar-refractivity contribution in [1.82, 2.24) is 4.90 Å². The monoisotopic (exact) mass is 146 g/mol. The number of carbonyl (C=O) groups excluding carboxylic acids is 1. The lowest BCUT2D eigenvalue weighted by Gasteiger charge is -2.18. The molecule has 0 fully saturated rings. The molecule has 1 amide bonds. The minimum Gasteiger partial charge on any atom is -0.391 e. The van der Waals surface area contributed by atoms with Gasteiger partial charge in [0.2, 0.25) is 5.91 Å². The summed E-state index contributed by atoms with van der Waals surface area (Å²) >= 11 is 0. The summed E-state index contributed by atoms with van der Waals surface area (Å²) in [6.45, 7) is 1.49. The van der Waals surface area contributed by atoms with Gasteiger partial charge in [0.1, 0.15) is 6.04 Å². The van der Waals surface area contributed by atoms with E-state index in [9.17, 15) is 4.79 Å². The van der Waals surface area contributed by atoms with Crippen LogP contribution >= 0.6 is 0 Å². The maximum Gasteiger partial charge on any atom is 0.241 e. The lowest BCUT2D eigenvalue weighted by molar-refractivity contribution is -0.132. The predicted octanol–water partition coefficient (Wildman–Crippen LogP) is -1.22. The SMILES string of the molecule is C[C@@H](O)[C@@H](N)C(=O)N(C)C. The van der Waals surface area contributed by atoms with Gasteiger partial charge in [0.05, 0.1) is 6.10 Å². The number of hydrogen-bond acceptors (Lipinski definition) is 3. The number of rotatable bonds is 2. The summed E-state index contributed by atoms with van der Waals surface area (Å²) in [6, 6.07) is -0.796. The summed E-state index contributed by atoms with van der Waals surface area (Å²) < 4.78 is 0. The molecule has 0 aromatic carbocycles. The Bertz CT molecular complexity index is 123. The first-order valence-electron chi connectivity index (χ1n) is 3.11. The van der Waals surface area contributed by atoms with Crippen molar-refractivity contribution in [3.63, 3.8) is 0 Å². The smallest absolute Gasteiger partial charge is 0.241 e. The average molecular weight is 146 g/mol. The van der Waals surface area contributed by atoms with Crippen LogP contribution in [0.2, 0.25) is 0 Å². The molecule has 0 unspecified atom stereocenters. The second-order valence-electron chi connectivity index (χ2n) is 2.50. The van der Waals surface area contributed by atoms with E-state index in [2.05, 4.69) is 0 Å². The van der Waals surface area contributed by atoms with Crippen LogP contribution in [0.15, 0.2) is 0 Å². The molecular formula is C6H14N2O2. The molecule has 0 bridgehead atoms. The van der Waals surface area contributed by atoms with E-state index in [1.807, 2.05) is 0 Å². The normalized spacial score (nSPS) is 16.1. The first kappa shape index (κ1) is 9.39. The summed E-state index contributed by atoms with van der Waals surface area (Å²) in [4.78, 5) is 12.3. The molecule has 2 atom stereocenters. The van der Waals surface area contributed by atoms with Crippen molar-refractivity contribution in [2.45, 2.75) is 19.1 Å². The zero-order valence-corrected chi connectivity index (χ0v) is 6.53. The Hall–Kier alpha value is -0.610. The topological polar surface area (TPSA) is 66.6 Å². The van der Waals surface area contributed by atoms with Crippen molar-refractivity contribution in [3.8, 4) is 0 Å². The van der Waals surface area contributed by atoms with Crippen molar-refractivity contribution in [3.05, 3.63) is 0 Å². The van der Waals surface area contributed by atoms with E-state index in [-0.39, 0.29) is 5.91 Å². The minimum absolute atomic E-state index is 0.255. The molecule has 0 aliphatic heterocycles. The molecule has 0 aliphatic carbocycles. The quantitative estimate of drug-likeness (QED) is 0.513. The fourth-order valence-corrected chi connectivity index (χ4v) is 0.504. The summed E-state index contributed by atoms with van der Waals surface area (Å²) in [5.41, 5.74) is 5.32. The third kappa shape index (κ3) is 2.33. The second kappa shape index (κ2) is 3.53. The number of hydrogen-bond donors (Lipinski definition) is 2. The van der Waals surface area contributed by atoms with Crippen LogP contribution in [0, 0.1) is 0 Å². The zero-order valence-electron chi connectivity index (χ0n) is 6.53. The number of nitrogens with two attached hydrogens (primary N) is 1. The summed E-state index contributed by atoms with van der Waals surface area (Å²) in [5, 5.41) is 8.87. The van der Waals surface area contributed by atoms with Gasteiger partial charge in [-0.15, -0.1) is 0 Å². The summed E-state index contributed by atoms with van der Waals surface area (Å²) in [5.74, 6) is -0.255. The number of aliphatic hydroxyl groups is 1. The average Bonchev–Trinajstić information content (AvgIpc) is 1.84. The van der Waals surface area contributed by atoms with Crippen LogP contribution in [0.4, 0.5) is 0 Å². The van der Waals surface area contributed by atoms with Gasteiger partial charge < -0.3 is 15.7 Å².